The highest BCUT2D eigenvalue weighted by molar-refractivity contribution is 5.91. The number of nitrogens with zero attached hydrogens (tertiary/aromatic N) is 4. The molecule has 11 nitrogen and oxygen atoms in total. The molecule has 6 aliphatic rings. The lowest BCUT2D eigenvalue weighted by Gasteiger charge is -2.51. The van der Waals surface area contributed by atoms with Crippen molar-refractivity contribution in [2.75, 3.05) is 53.9 Å². The topological polar surface area (TPSA) is 123 Å². The summed E-state index contributed by atoms with van der Waals surface area (Å²) in [5, 5.41) is 21.3. The number of nitrogens with one attached hydrogen (secondary N) is 4. The largest absolute Gasteiger partial charge is 0.383 e. The Kier molecular flexibility index (Phi) is 11.5. The van der Waals surface area contributed by atoms with E-state index >= 15 is 0 Å². The van der Waals surface area contributed by atoms with Gasteiger partial charge in [0.2, 0.25) is 0 Å². The lowest BCUT2D eigenvalue weighted by molar-refractivity contribution is -0.0890. The van der Waals surface area contributed by atoms with Crippen molar-refractivity contribution in [1.29, 1.82) is 0 Å². The predicted molar refractivity (Wildman–Crippen MR) is 241 cm³/mol. The van der Waals surface area contributed by atoms with Gasteiger partial charge in [-0.2, -0.15) is 0 Å². The van der Waals surface area contributed by atoms with Gasteiger partial charge in [-0.25, -0.2) is 9.59 Å². The number of fused-ring (bicyclic) bond motifs is 4. The van der Waals surface area contributed by atoms with Crippen molar-refractivity contribution < 1.29 is 14.7 Å². The highest BCUT2D eigenvalue weighted by Crippen LogP contribution is 2.50. The van der Waals surface area contributed by atoms with Gasteiger partial charge in [-0.05, 0) is 126 Å². The second-order valence-corrected chi connectivity index (χ2v) is 19.3. The third kappa shape index (κ3) is 7.20. The van der Waals surface area contributed by atoms with Crippen LogP contribution in [0.3, 0.4) is 0 Å². The van der Waals surface area contributed by atoms with Gasteiger partial charge in [-0.15, -0.1) is 0 Å². The second-order valence-electron chi connectivity index (χ2n) is 19.3. The minimum atomic E-state index is -0.962. The van der Waals surface area contributed by atoms with E-state index < -0.39 is 5.60 Å². The number of likely N-dealkylation sites (tertiary alicyclic amines) is 2. The van der Waals surface area contributed by atoms with E-state index in [4.69, 9.17) is 0 Å². The van der Waals surface area contributed by atoms with Crippen molar-refractivity contribution in [3.8, 4) is 0 Å². The van der Waals surface area contributed by atoms with Gasteiger partial charge in [0.25, 0.3) is 0 Å². The summed E-state index contributed by atoms with van der Waals surface area (Å²) in [6.45, 7) is 9.80. The van der Waals surface area contributed by atoms with Gasteiger partial charge in [0.1, 0.15) is 5.60 Å². The molecule has 4 aromatic rings. The quantitative estimate of drug-likeness (QED) is 0.130. The molecular formula is C49H70N8O3. The van der Waals surface area contributed by atoms with Crippen molar-refractivity contribution in [1.82, 2.24) is 40.2 Å². The van der Waals surface area contributed by atoms with E-state index in [9.17, 15) is 14.7 Å². The van der Waals surface area contributed by atoms with Crippen molar-refractivity contribution in [2.24, 2.45) is 0 Å². The van der Waals surface area contributed by atoms with Crippen LogP contribution in [0.5, 0.6) is 0 Å². The maximum Gasteiger partial charge on any atom is 0.317 e. The molecule has 4 heterocycles. The predicted octanol–water partition coefficient (Wildman–Crippen LogP) is 7.89. The lowest BCUT2D eigenvalue weighted by atomic mass is 9.69. The zero-order chi connectivity index (χ0) is 41.9. The Bertz CT molecular complexity index is 2200. The molecule has 2 saturated carbocycles. The minimum Gasteiger partial charge on any atom is -0.383 e. The molecule has 10 rings (SSSR count). The normalized spacial score (nSPS) is 27.9. The lowest BCUT2D eigenvalue weighted by Crippen LogP contribution is -2.63. The van der Waals surface area contributed by atoms with E-state index in [0.29, 0.717) is 43.3 Å². The number of hydrogen-bond donors (Lipinski definition) is 5. The van der Waals surface area contributed by atoms with Crippen LogP contribution >= 0.6 is 0 Å². The van der Waals surface area contributed by atoms with E-state index in [-0.39, 0.29) is 30.2 Å². The van der Waals surface area contributed by atoms with Gasteiger partial charge in [0, 0.05) is 109 Å². The molecule has 6 atom stereocenters. The Hall–Kier alpha value is -4.06. The smallest absolute Gasteiger partial charge is 0.317 e. The summed E-state index contributed by atoms with van der Waals surface area (Å²) in [6.07, 6.45) is 14.1. The van der Waals surface area contributed by atoms with Crippen LogP contribution in [0.2, 0.25) is 0 Å². The van der Waals surface area contributed by atoms with Crippen LogP contribution in [0, 0.1) is 0 Å². The molecule has 4 aliphatic carbocycles. The van der Waals surface area contributed by atoms with E-state index in [1.807, 2.05) is 27.8 Å². The highest BCUT2D eigenvalue weighted by atomic mass is 16.3. The Morgan fingerprint density at radius 2 is 1.35 bits per heavy atom. The summed E-state index contributed by atoms with van der Waals surface area (Å²) in [5.41, 5.74) is 9.97. The van der Waals surface area contributed by atoms with Gasteiger partial charge in [-0.3, -0.25) is 4.90 Å². The van der Waals surface area contributed by atoms with Crippen LogP contribution in [0.25, 0.3) is 21.8 Å². The van der Waals surface area contributed by atoms with Gasteiger partial charge >= 0.3 is 12.1 Å². The van der Waals surface area contributed by atoms with Crippen molar-refractivity contribution >= 4 is 33.9 Å². The van der Waals surface area contributed by atoms with Crippen LogP contribution in [0.15, 0.2) is 36.4 Å². The zero-order valence-corrected chi connectivity index (χ0v) is 37.1. The first kappa shape index (κ1) is 41.3. The van der Waals surface area contributed by atoms with E-state index in [1.165, 1.54) is 90.2 Å². The van der Waals surface area contributed by atoms with Crippen molar-refractivity contribution in [3.05, 3.63) is 70.0 Å². The summed E-state index contributed by atoms with van der Waals surface area (Å²) >= 11 is 0. The minimum absolute atomic E-state index is 0.0307. The fraction of sp³-hybridized carbons (Fsp3) is 0.633. The summed E-state index contributed by atoms with van der Waals surface area (Å²) in [6, 6.07) is 13.8. The molecular weight excluding hydrogens is 749 g/mol. The molecule has 4 amide bonds. The molecule has 2 aromatic carbocycles. The van der Waals surface area contributed by atoms with Crippen molar-refractivity contribution in [3.63, 3.8) is 0 Å². The SMILES string of the molecule is CCN(C)C(=O)NC1CC2c3cccc4[nH]c(C5CCCC5)c(c34)C[C@H]2N(C)C1.CCN(CC)C(=O)NC1CN(C)[C@@H]2Cc3c(C4CCCC4)[nH]c4cccc(c34)C2(O)C1. The van der Waals surface area contributed by atoms with Crippen LogP contribution in [0.1, 0.15) is 136 Å². The number of rotatable bonds is 7. The summed E-state index contributed by atoms with van der Waals surface area (Å²) in [5.74, 6) is 1.82. The van der Waals surface area contributed by atoms with Gasteiger partial charge in [-0.1, -0.05) is 49.9 Å². The molecule has 5 N–H and O–H groups in total. The van der Waals surface area contributed by atoms with Gasteiger partial charge in [0.05, 0.1) is 0 Å². The molecule has 2 aliphatic heterocycles. The van der Waals surface area contributed by atoms with Crippen molar-refractivity contribution in [2.45, 2.75) is 145 Å². The molecule has 2 saturated heterocycles. The van der Waals surface area contributed by atoms with Crippen LogP contribution in [-0.2, 0) is 18.4 Å². The van der Waals surface area contributed by atoms with Gasteiger partial charge in [0.15, 0.2) is 0 Å². The monoisotopic (exact) mass is 819 g/mol. The Labute approximate surface area is 357 Å². The standard InChI is InChI=1S/C25H36N4O2.C24H34N4O/c1-4-29(5-2)24(30)26-17-14-25(31)19-11-8-12-20-22(19)18(13-21(25)28(3)15-17)23(27-20)16-9-6-7-10-16;1-4-27(2)24(29)25-16-12-18-17-10-7-11-20-22(17)19(13-21(18)28(3)14-16)23(26-20)15-8-5-6-9-15/h8,11-12,16-17,21,27,31H,4-7,9-10,13-15H2,1-3H3,(H,26,30);7,10-11,15-16,18,21,26H,4-6,8-9,12-14H2,1-3H3,(H,25,29)/t17?,21-,25?;16?,18?,21-/m11/s1. The number of aromatic nitrogens is 2. The average Bonchev–Trinajstić information content (AvgIpc) is 4.08. The number of likely N-dealkylation sites (N-methyl/N-ethyl adjacent to an activating group) is 2. The highest BCUT2D eigenvalue weighted by Gasteiger charge is 2.51. The molecule has 11 heteroatoms. The number of carbonyl (C=O) groups excluding carboxylic acids is 2. The van der Waals surface area contributed by atoms with E-state index in [2.05, 4.69) is 80.9 Å². The number of aromatic amines is 2. The molecule has 4 unspecified atom stereocenters. The van der Waals surface area contributed by atoms with E-state index in [0.717, 1.165) is 50.0 Å². The first-order valence-electron chi connectivity index (χ1n) is 23.5. The number of piperidine rings is 2. The molecule has 4 fully saturated rings. The molecule has 60 heavy (non-hydrogen) atoms. The second kappa shape index (κ2) is 16.7. The fourth-order valence-electron chi connectivity index (χ4n) is 12.7. The maximum absolute atomic E-state index is 12.7. The number of aliphatic hydroxyl groups is 1. The number of benzene rings is 2. The Morgan fingerprint density at radius 3 is 1.98 bits per heavy atom. The fourth-order valence-corrected chi connectivity index (χ4v) is 12.7. The van der Waals surface area contributed by atoms with Crippen LogP contribution in [-0.4, -0.2) is 125 Å². The number of amides is 4. The number of hydrogen-bond acceptors (Lipinski definition) is 5. The number of carbonyl (C=O) groups is 2. The third-order valence-corrected chi connectivity index (χ3v) is 15.9. The molecule has 324 valence electrons. The van der Waals surface area contributed by atoms with Crippen LogP contribution < -0.4 is 10.6 Å². The van der Waals surface area contributed by atoms with Crippen LogP contribution in [0.4, 0.5) is 9.59 Å². The summed E-state index contributed by atoms with van der Waals surface area (Å²) in [7, 11) is 6.20. The Morgan fingerprint density at radius 1 is 0.767 bits per heavy atom. The van der Waals surface area contributed by atoms with Gasteiger partial charge < -0.3 is 40.4 Å². The van der Waals surface area contributed by atoms with E-state index in [1.54, 1.807) is 15.4 Å². The first-order chi connectivity index (χ1) is 29.0. The molecule has 0 radical (unpaired) electrons. The molecule has 0 spiro atoms. The molecule has 0 bridgehead atoms. The third-order valence-electron chi connectivity index (χ3n) is 15.9. The summed E-state index contributed by atoms with van der Waals surface area (Å²) < 4.78 is 0. The maximum atomic E-state index is 12.7. The summed E-state index contributed by atoms with van der Waals surface area (Å²) in [4.78, 5) is 41.0. The zero-order valence-electron chi connectivity index (χ0n) is 37.1. The number of urea groups is 2. The average molecular weight is 819 g/mol. The number of H-pyrrole nitrogens is 2. The molecule has 2 aromatic heterocycles. The Balaban J connectivity index is 0.000000154. The first-order valence-corrected chi connectivity index (χ1v) is 23.5.